The highest BCUT2D eigenvalue weighted by atomic mass is 35.5. The Balaban J connectivity index is 1.97. The van der Waals surface area contributed by atoms with Crippen molar-refractivity contribution in [1.29, 1.82) is 0 Å². The maximum Gasteiger partial charge on any atom is 0.278 e. The largest absolute Gasteiger partial charge is 0.296 e. The van der Waals surface area contributed by atoms with Gasteiger partial charge in [0, 0.05) is 29.9 Å². The molecule has 0 aliphatic rings. The summed E-state index contributed by atoms with van der Waals surface area (Å²) in [6.45, 7) is 2.38. The Morgan fingerprint density at radius 2 is 2.32 bits per heavy atom. The normalized spacial score (nSPS) is 10.6. The molecule has 0 radical (unpaired) electrons. The lowest BCUT2D eigenvalue weighted by molar-refractivity contribution is 0.0985. The van der Waals surface area contributed by atoms with Crippen LogP contribution in [0.5, 0.6) is 0 Å². The molecule has 3 aromatic heterocycles. The summed E-state index contributed by atoms with van der Waals surface area (Å²) in [6, 6.07) is 3.74. The zero-order chi connectivity index (χ0) is 15.5. The molecule has 0 unspecified atom stereocenters. The summed E-state index contributed by atoms with van der Waals surface area (Å²) in [5.41, 5.74) is 2.92. The Morgan fingerprint density at radius 3 is 2.95 bits per heavy atom. The molecule has 3 aromatic rings. The summed E-state index contributed by atoms with van der Waals surface area (Å²) in [4.78, 5) is 26.6. The van der Waals surface area contributed by atoms with Gasteiger partial charge in [0.25, 0.3) is 5.91 Å². The molecule has 0 N–H and O–H groups in total. The molecular formula is C14H11ClN4OS2. The van der Waals surface area contributed by atoms with Gasteiger partial charge in [-0.3, -0.25) is 14.7 Å². The Kier molecular flexibility index (Phi) is 4.47. The zero-order valence-electron chi connectivity index (χ0n) is 11.6. The molecule has 3 heterocycles. The predicted octanol–water partition coefficient (Wildman–Crippen LogP) is 3.98. The first-order valence-corrected chi connectivity index (χ1v) is 8.61. The van der Waals surface area contributed by atoms with E-state index >= 15 is 0 Å². The average molecular weight is 351 g/mol. The van der Waals surface area contributed by atoms with E-state index in [4.69, 9.17) is 11.6 Å². The van der Waals surface area contributed by atoms with Gasteiger partial charge in [-0.25, -0.2) is 9.97 Å². The maximum atomic E-state index is 12.5. The zero-order valence-corrected chi connectivity index (χ0v) is 14.0. The molecule has 0 saturated carbocycles. The first-order chi connectivity index (χ1) is 10.7. The molecule has 0 spiro atoms. The van der Waals surface area contributed by atoms with Gasteiger partial charge in [0.2, 0.25) is 0 Å². The van der Waals surface area contributed by atoms with Crippen molar-refractivity contribution in [2.75, 3.05) is 11.4 Å². The van der Waals surface area contributed by atoms with Crippen LogP contribution in [0, 0.1) is 0 Å². The summed E-state index contributed by atoms with van der Waals surface area (Å²) in [5, 5.41) is 3.40. The van der Waals surface area contributed by atoms with Crippen LogP contribution in [-0.2, 0) is 0 Å². The molecule has 0 bridgehead atoms. The molecule has 0 atom stereocenters. The summed E-state index contributed by atoms with van der Waals surface area (Å²) in [6.07, 6.45) is 3.42. The molecule has 112 valence electrons. The van der Waals surface area contributed by atoms with E-state index in [-0.39, 0.29) is 5.91 Å². The monoisotopic (exact) mass is 350 g/mol. The number of carbonyl (C=O) groups is 1. The summed E-state index contributed by atoms with van der Waals surface area (Å²) < 4.78 is 0. The lowest BCUT2D eigenvalue weighted by Crippen LogP contribution is -2.30. The highest BCUT2D eigenvalue weighted by Crippen LogP contribution is 2.37. The lowest BCUT2D eigenvalue weighted by atomic mass is 10.3. The van der Waals surface area contributed by atoms with E-state index in [0.29, 0.717) is 22.4 Å². The molecule has 0 fully saturated rings. The van der Waals surface area contributed by atoms with Crippen LogP contribution in [0.15, 0.2) is 35.4 Å². The second-order valence-corrected chi connectivity index (χ2v) is 6.33. The molecule has 0 aliphatic carbocycles. The highest BCUT2D eigenvalue weighted by Gasteiger charge is 2.23. The van der Waals surface area contributed by atoms with Crippen molar-refractivity contribution >= 4 is 45.2 Å². The Labute approximate surface area is 140 Å². The molecule has 0 aromatic carbocycles. The number of hydrogen-bond donors (Lipinski definition) is 0. The fourth-order valence-electron chi connectivity index (χ4n) is 1.91. The SMILES string of the molecule is CCN(C(=O)c1cscn1)c1sc(-c2cccnc2)nc1Cl. The second kappa shape index (κ2) is 6.51. The maximum absolute atomic E-state index is 12.5. The van der Waals surface area contributed by atoms with Gasteiger partial charge in [-0.15, -0.1) is 11.3 Å². The topological polar surface area (TPSA) is 59.0 Å². The molecule has 8 heteroatoms. The Hall–Kier alpha value is -1.83. The molecule has 1 amide bonds. The van der Waals surface area contributed by atoms with Crippen LogP contribution < -0.4 is 4.90 Å². The van der Waals surface area contributed by atoms with Crippen LogP contribution in [0.1, 0.15) is 17.4 Å². The number of rotatable bonds is 4. The molecule has 22 heavy (non-hydrogen) atoms. The third kappa shape index (κ3) is 2.87. The number of nitrogens with zero attached hydrogens (tertiary/aromatic N) is 4. The van der Waals surface area contributed by atoms with Crippen LogP contribution in [0.3, 0.4) is 0 Å². The minimum absolute atomic E-state index is 0.174. The number of hydrogen-bond acceptors (Lipinski definition) is 6. The van der Waals surface area contributed by atoms with Gasteiger partial charge in [0.15, 0.2) is 5.15 Å². The van der Waals surface area contributed by atoms with Gasteiger partial charge >= 0.3 is 0 Å². The summed E-state index contributed by atoms with van der Waals surface area (Å²) >= 11 is 8.99. The van der Waals surface area contributed by atoms with Crippen molar-refractivity contribution in [1.82, 2.24) is 15.0 Å². The number of aromatic nitrogens is 3. The van der Waals surface area contributed by atoms with Crippen molar-refractivity contribution in [2.24, 2.45) is 0 Å². The number of halogens is 1. The van der Waals surface area contributed by atoms with Crippen LogP contribution in [-0.4, -0.2) is 27.4 Å². The fraction of sp³-hybridized carbons (Fsp3) is 0.143. The lowest BCUT2D eigenvalue weighted by Gasteiger charge is -2.17. The molecule has 0 aliphatic heterocycles. The van der Waals surface area contributed by atoms with Crippen LogP contribution >= 0.6 is 34.3 Å². The Morgan fingerprint density at radius 1 is 1.45 bits per heavy atom. The Bertz CT molecular complexity index is 774. The van der Waals surface area contributed by atoms with E-state index in [9.17, 15) is 4.79 Å². The minimum Gasteiger partial charge on any atom is -0.296 e. The quantitative estimate of drug-likeness (QED) is 0.714. The standard InChI is InChI=1S/C14H11ClN4OS2/c1-2-19(13(20)10-7-21-8-17-10)14-11(15)18-12(22-14)9-4-3-5-16-6-9/h3-8H,2H2,1H3. The summed E-state index contributed by atoms with van der Waals surface area (Å²) in [5.74, 6) is -0.174. The first kappa shape index (κ1) is 15.1. The summed E-state index contributed by atoms with van der Waals surface area (Å²) in [7, 11) is 0. The van der Waals surface area contributed by atoms with E-state index in [1.54, 1.807) is 28.2 Å². The number of pyridine rings is 1. The third-order valence-corrected chi connectivity index (χ3v) is 5.03. The number of anilines is 1. The fourth-order valence-corrected chi connectivity index (χ4v) is 3.80. The van der Waals surface area contributed by atoms with E-state index in [2.05, 4.69) is 15.0 Å². The van der Waals surface area contributed by atoms with Gasteiger partial charge in [0.05, 0.1) is 5.51 Å². The first-order valence-electron chi connectivity index (χ1n) is 6.47. The third-order valence-electron chi connectivity index (χ3n) is 2.94. The number of thiazole rings is 2. The van der Waals surface area contributed by atoms with Crippen LogP contribution in [0.4, 0.5) is 5.00 Å². The van der Waals surface area contributed by atoms with Gasteiger partial charge in [-0.05, 0) is 19.1 Å². The minimum atomic E-state index is -0.174. The second-order valence-electron chi connectivity index (χ2n) is 4.28. The van der Waals surface area contributed by atoms with Crippen molar-refractivity contribution in [2.45, 2.75) is 6.92 Å². The predicted molar refractivity (Wildman–Crippen MR) is 89.8 cm³/mol. The average Bonchev–Trinajstić information content (AvgIpc) is 3.19. The van der Waals surface area contributed by atoms with E-state index in [1.807, 2.05) is 19.1 Å². The van der Waals surface area contributed by atoms with Crippen LogP contribution in [0.25, 0.3) is 10.6 Å². The van der Waals surface area contributed by atoms with Crippen molar-refractivity contribution < 1.29 is 4.79 Å². The van der Waals surface area contributed by atoms with E-state index in [0.717, 1.165) is 10.6 Å². The van der Waals surface area contributed by atoms with Crippen LogP contribution in [0.2, 0.25) is 5.15 Å². The van der Waals surface area contributed by atoms with Gasteiger partial charge in [-0.2, -0.15) is 0 Å². The molecule has 3 rings (SSSR count). The number of carbonyl (C=O) groups excluding carboxylic acids is 1. The molecule has 5 nitrogen and oxygen atoms in total. The van der Waals surface area contributed by atoms with Crippen molar-refractivity contribution in [3.8, 4) is 10.6 Å². The smallest absolute Gasteiger partial charge is 0.278 e. The number of amides is 1. The van der Waals surface area contributed by atoms with Gasteiger partial charge < -0.3 is 0 Å². The molecular weight excluding hydrogens is 340 g/mol. The molecule has 0 saturated heterocycles. The van der Waals surface area contributed by atoms with Crippen molar-refractivity contribution in [3.05, 3.63) is 46.3 Å². The van der Waals surface area contributed by atoms with E-state index in [1.165, 1.54) is 22.7 Å². The highest BCUT2D eigenvalue weighted by molar-refractivity contribution is 7.19. The van der Waals surface area contributed by atoms with Gasteiger partial charge in [-0.1, -0.05) is 22.9 Å². The van der Waals surface area contributed by atoms with Gasteiger partial charge in [0.1, 0.15) is 15.7 Å². The van der Waals surface area contributed by atoms with Crippen molar-refractivity contribution in [3.63, 3.8) is 0 Å². The van der Waals surface area contributed by atoms with E-state index < -0.39 is 0 Å².